The van der Waals surface area contributed by atoms with Crippen LogP contribution < -0.4 is 0 Å². The molecule has 0 aromatic rings. The monoisotopic (exact) mass is 163 g/mol. The van der Waals surface area contributed by atoms with Crippen molar-refractivity contribution >= 4 is 0 Å². The largest absolute Gasteiger partial charge is 0.198 e. The number of rotatable bonds is 2. The van der Waals surface area contributed by atoms with Gasteiger partial charge in [0.25, 0.3) is 0 Å². The van der Waals surface area contributed by atoms with Crippen molar-refractivity contribution in [2.24, 2.45) is 11.3 Å². The van der Waals surface area contributed by atoms with Crippen LogP contribution in [0.15, 0.2) is 0 Å². The minimum Gasteiger partial charge on any atom is -0.198 e. The third kappa shape index (κ3) is 1.63. The molecular formula is C11H17N. The molecule has 0 heterocycles. The molecule has 2 aliphatic carbocycles. The van der Waals surface area contributed by atoms with Crippen LogP contribution in [0.3, 0.4) is 0 Å². The summed E-state index contributed by atoms with van der Waals surface area (Å²) in [4.78, 5) is 0. The molecule has 2 saturated carbocycles. The van der Waals surface area contributed by atoms with Crippen molar-refractivity contribution in [2.45, 2.75) is 51.4 Å². The van der Waals surface area contributed by atoms with Crippen LogP contribution in [-0.2, 0) is 0 Å². The Morgan fingerprint density at radius 3 is 2.83 bits per heavy atom. The Kier molecular flexibility index (Phi) is 2.09. The number of nitrogens with zero attached hydrogens (tertiary/aromatic N) is 1. The summed E-state index contributed by atoms with van der Waals surface area (Å²) in [5.41, 5.74) is 0.790. The molecule has 0 N–H and O–H groups in total. The molecule has 0 aliphatic heterocycles. The summed E-state index contributed by atoms with van der Waals surface area (Å²) in [6, 6.07) is 2.26. The number of hydrogen-bond donors (Lipinski definition) is 0. The predicted molar refractivity (Wildman–Crippen MR) is 48.5 cm³/mol. The maximum Gasteiger partial charge on any atom is 0.0621 e. The molecule has 0 unspecified atom stereocenters. The minimum absolute atomic E-state index is 0.779. The summed E-state index contributed by atoms with van der Waals surface area (Å²) >= 11 is 0. The van der Waals surface area contributed by atoms with Gasteiger partial charge in [0.2, 0.25) is 0 Å². The zero-order valence-corrected chi connectivity index (χ0v) is 7.68. The van der Waals surface area contributed by atoms with E-state index in [9.17, 15) is 0 Å². The van der Waals surface area contributed by atoms with Gasteiger partial charge in [-0.15, -0.1) is 0 Å². The van der Waals surface area contributed by atoms with Crippen molar-refractivity contribution < 1.29 is 0 Å². The van der Waals surface area contributed by atoms with E-state index in [2.05, 4.69) is 6.07 Å². The van der Waals surface area contributed by atoms with Gasteiger partial charge in [-0.25, -0.2) is 0 Å². The number of hydrogen-bond acceptors (Lipinski definition) is 1. The Bertz CT molecular complexity index is 198. The third-order valence-corrected chi connectivity index (χ3v) is 3.66. The van der Waals surface area contributed by atoms with Crippen LogP contribution in [0, 0.1) is 22.7 Å². The van der Waals surface area contributed by atoms with E-state index < -0.39 is 0 Å². The Morgan fingerprint density at radius 1 is 1.33 bits per heavy atom. The predicted octanol–water partition coefficient (Wildman–Crippen LogP) is 3.26. The fourth-order valence-electron chi connectivity index (χ4n) is 2.73. The maximum atomic E-state index is 8.49. The van der Waals surface area contributed by atoms with E-state index in [0.717, 1.165) is 24.2 Å². The Hall–Kier alpha value is -0.510. The minimum atomic E-state index is 0.779. The summed E-state index contributed by atoms with van der Waals surface area (Å²) in [7, 11) is 0. The van der Waals surface area contributed by atoms with E-state index in [1.807, 2.05) is 0 Å². The number of nitriles is 1. The van der Waals surface area contributed by atoms with E-state index >= 15 is 0 Å². The molecule has 2 rings (SSSR count). The molecule has 1 spiro atoms. The molecule has 2 fully saturated rings. The van der Waals surface area contributed by atoms with Gasteiger partial charge < -0.3 is 0 Å². The van der Waals surface area contributed by atoms with E-state index in [1.165, 1.54) is 38.5 Å². The van der Waals surface area contributed by atoms with Crippen LogP contribution in [-0.4, -0.2) is 0 Å². The molecule has 0 saturated heterocycles. The molecular weight excluding hydrogens is 146 g/mol. The highest BCUT2D eigenvalue weighted by atomic mass is 14.5. The highest BCUT2D eigenvalue weighted by Crippen LogP contribution is 2.58. The summed E-state index contributed by atoms with van der Waals surface area (Å²) < 4.78 is 0. The molecule has 12 heavy (non-hydrogen) atoms. The highest BCUT2D eigenvalue weighted by Gasteiger charge is 2.45. The van der Waals surface area contributed by atoms with Crippen molar-refractivity contribution in [1.29, 1.82) is 5.26 Å². The van der Waals surface area contributed by atoms with Gasteiger partial charge in [-0.3, -0.25) is 0 Å². The van der Waals surface area contributed by atoms with E-state index in [4.69, 9.17) is 5.26 Å². The standard InChI is InChI=1S/C11H17N/c12-8-2-4-10-3-1-5-11(9-10)6-7-11/h10H,1-7,9H2/t10-/m1/s1. The van der Waals surface area contributed by atoms with E-state index in [1.54, 1.807) is 0 Å². The first-order chi connectivity index (χ1) is 5.85. The Morgan fingerprint density at radius 2 is 2.17 bits per heavy atom. The zero-order valence-electron chi connectivity index (χ0n) is 7.68. The van der Waals surface area contributed by atoms with Gasteiger partial charge in [0.1, 0.15) is 0 Å². The fraction of sp³-hybridized carbons (Fsp3) is 0.909. The van der Waals surface area contributed by atoms with Gasteiger partial charge in [0.15, 0.2) is 0 Å². The molecule has 1 atom stereocenters. The smallest absolute Gasteiger partial charge is 0.0621 e. The quantitative estimate of drug-likeness (QED) is 0.613. The lowest BCUT2D eigenvalue weighted by molar-refractivity contribution is 0.238. The van der Waals surface area contributed by atoms with Gasteiger partial charge in [-0.1, -0.05) is 12.8 Å². The Labute approximate surface area is 74.8 Å². The molecule has 1 heteroatoms. The molecule has 66 valence electrons. The first-order valence-corrected chi connectivity index (χ1v) is 5.22. The lowest BCUT2D eigenvalue weighted by Gasteiger charge is -2.28. The Balaban J connectivity index is 1.80. The summed E-state index contributed by atoms with van der Waals surface area (Å²) in [6.07, 6.45) is 10.6. The van der Waals surface area contributed by atoms with Crippen LogP contribution in [0.25, 0.3) is 0 Å². The molecule has 2 aliphatic rings. The summed E-state index contributed by atoms with van der Waals surface area (Å²) in [5.74, 6) is 0.890. The second-order valence-electron chi connectivity index (χ2n) is 4.66. The van der Waals surface area contributed by atoms with Crippen LogP contribution in [0.5, 0.6) is 0 Å². The van der Waals surface area contributed by atoms with Crippen molar-refractivity contribution in [3.8, 4) is 6.07 Å². The van der Waals surface area contributed by atoms with Crippen LogP contribution >= 0.6 is 0 Å². The van der Waals surface area contributed by atoms with E-state index in [0.29, 0.717) is 0 Å². The first-order valence-electron chi connectivity index (χ1n) is 5.22. The molecule has 0 aromatic carbocycles. The maximum absolute atomic E-state index is 8.49. The van der Waals surface area contributed by atoms with Gasteiger partial charge >= 0.3 is 0 Å². The second-order valence-corrected chi connectivity index (χ2v) is 4.66. The normalized spacial score (nSPS) is 31.4. The lowest BCUT2D eigenvalue weighted by atomic mass is 9.77. The molecule has 0 aromatic heterocycles. The summed E-state index contributed by atoms with van der Waals surface area (Å²) in [5, 5.41) is 8.49. The van der Waals surface area contributed by atoms with Crippen molar-refractivity contribution in [3.63, 3.8) is 0 Å². The topological polar surface area (TPSA) is 23.8 Å². The lowest BCUT2D eigenvalue weighted by Crippen LogP contribution is -2.16. The third-order valence-electron chi connectivity index (χ3n) is 3.66. The van der Waals surface area contributed by atoms with Crippen molar-refractivity contribution in [1.82, 2.24) is 0 Å². The first kappa shape index (κ1) is 8.10. The molecule has 1 nitrogen and oxygen atoms in total. The van der Waals surface area contributed by atoms with Crippen LogP contribution in [0.4, 0.5) is 0 Å². The molecule has 0 amide bonds. The van der Waals surface area contributed by atoms with E-state index in [-0.39, 0.29) is 0 Å². The average Bonchev–Trinajstić information content (AvgIpc) is 2.82. The van der Waals surface area contributed by atoms with Gasteiger partial charge in [-0.05, 0) is 43.4 Å². The molecule has 0 radical (unpaired) electrons. The van der Waals surface area contributed by atoms with Crippen molar-refractivity contribution in [2.75, 3.05) is 0 Å². The second kappa shape index (κ2) is 3.09. The van der Waals surface area contributed by atoms with Crippen LogP contribution in [0.2, 0.25) is 0 Å². The van der Waals surface area contributed by atoms with Gasteiger partial charge in [0.05, 0.1) is 6.07 Å². The highest BCUT2D eigenvalue weighted by molar-refractivity contribution is 4.97. The SMILES string of the molecule is N#CCC[C@H]1CCCC2(CC2)C1. The molecule has 0 bridgehead atoms. The zero-order chi connectivity index (χ0) is 8.44. The summed E-state index contributed by atoms with van der Waals surface area (Å²) in [6.45, 7) is 0. The average molecular weight is 163 g/mol. The van der Waals surface area contributed by atoms with Gasteiger partial charge in [-0.2, -0.15) is 5.26 Å². The van der Waals surface area contributed by atoms with Crippen LogP contribution in [0.1, 0.15) is 51.4 Å². The fourth-order valence-corrected chi connectivity index (χ4v) is 2.73. The van der Waals surface area contributed by atoms with Gasteiger partial charge in [0, 0.05) is 6.42 Å². The van der Waals surface area contributed by atoms with Crippen molar-refractivity contribution in [3.05, 3.63) is 0 Å².